The Morgan fingerprint density at radius 2 is 1.84 bits per heavy atom. The topological polar surface area (TPSA) is 52.6 Å². The fourth-order valence-corrected chi connectivity index (χ4v) is 7.92. The maximum Gasteiger partial charge on any atom is 0.306 e. The summed E-state index contributed by atoms with van der Waals surface area (Å²) in [6.07, 6.45) is 8.90. The maximum atomic E-state index is 12.9. The van der Waals surface area contributed by atoms with Crippen molar-refractivity contribution in [2.24, 2.45) is 29.1 Å². The summed E-state index contributed by atoms with van der Waals surface area (Å²) in [4.78, 5) is 12.7. The van der Waals surface area contributed by atoms with E-state index in [-0.39, 0.29) is 28.3 Å². The molecule has 2 saturated heterocycles. The number of hydrogen-bond donors (Lipinski definition) is 0. The largest absolute Gasteiger partial charge is 0.457 e. The average Bonchev–Trinajstić information content (AvgIpc) is 3.03. The molecule has 3 rings (SSSR count). The van der Waals surface area contributed by atoms with E-state index < -0.39 is 16.4 Å². The highest BCUT2D eigenvalue weighted by atomic mass is 32.2. The van der Waals surface area contributed by atoms with E-state index in [4.69, 9.17) is 9.47 Å². The Balaban J connectivity index is 2.09. The van der Waals surface area contributed by atoms with Crippen LogP contribution in [0.25, 0.3) is 0 Å². The molecule has 0 amide bonds. The van der Waals surface area contributed by atoms with E-state index in [0.29, 0.717) is 30.1 Å². The van der Waals surface area contributed by atoms with Gasteiger partial charge in [-0.05, 0) is 87.9 Å². The lowest BCUT2D eigenvalue weighted by molar-refractivity contribution is -0.181. The minimum Gasteiger partial charge on any atom is -0.457 e. The Hall–Kier alpha value is -0.420. The molecule has 1 saturated carbocycles. The lowest BCUT2D eigenvalue weighted by atomic mass is 9.54. The van der Waals surface area contributed by atoms with Crippen LogP contribution in [0.15, 0.2) is 0 Å². The first-order chi connectivity index (χ1) is 14.3. The number of ether oxygens (including phenoxy) is 2. The molecule has 8 atom stereocenters. The molecule has 2 bridgehead atoms. The monoisotopic (exact) mass is 454 g/mol. The SMILES string of the molecule is CCCC(=O)O[C@]1(C)CCC[C@@](C)(S(C)=O)C[C@H]2O[C@@H]1[C@H]1[C@@H]2C(C)(C)CC[C@@H]1C(C)C. The Kier molecular flexibility index (Phi) is 7.38. The second kappa shape index (κ2) is 9.08. The molecule has 2 aliphatic heterocycles. The van der Waals surface area contributed by atoms with Crippen LogP contribution in [0.2, 0.25) is 0 Å². The van der Waals surface area contributed by atoms with Crippen LogP contribution in [0.3, 0.4) is 0 Å². The molecule has 3 fully saturated rings. The molecule has 31 heavy (non-hydrogen) atoms. The fourth-order valence-electron chi connectivity index (χ4n) is 7.09. The van der Waals surface area contributed by atoms with E-state index in [2.05, 4.69) is 41.5 Å². The quantitative estimate of drug-likeness (QED) is 0.486. The molecule has 0 radical (unpaired) electrons. The van der Waals surface area contributed by atoms with Crippen molar-refractivity contribution in [3.63, 3.8) is 0 Å². The number of rotatable bonds is 5. The van der Waals surface area contributed by atoms with Crippen molar-refractivity contribution in [1.82, 2.24) is 0 Å². The molecule has 4 nitrogen and oxygen atoms in total. The van der Waals surface area contributed by atoms with E-state index in [1.807, 2.05) is 13.2 Å². The van der Waals surface area contributed by atoms with Gasteiger partial charge in [-0.3, -0.25) is 9.00 Å². The van der Waals surface area contributed by atoms with E-state index in [0.717, 1.165) is 32.1 Å². The fraction of sp³-hybridized carbons (Fsp3) is 0.962. The Bertz CT molecular complexity index is 689. The molecule has 1 aliphatic carbocycles. The number of carbonyl (C=O) groups is 1. The number of fused-ring (bicyclic) bond motifs is 5. The van der Waals surface area contributed by atoms with Gasteiger partial charge < -0.3 is 9.47 Å². The highest BCUT2D eigenvalue weighted by Gasteiger charge is 2.62. The Morgan fingerprint density at radius 1 is 1.16 bits per heavy atom. The van der Waals surface area contributed by atoms with Crippen LogP contribution in [-0.4, -0.2) is 39.0 Å². The van der Waals surface area contributed by atoms with E-state index >= 15 is 0 Å². The van der Waals surface area contributed by atoms with Crippen molar-refractivity contribution < 1.29 is 18.5 Å². The molecular formula is C26H46O4S. The second-order valence-corrected chi connectivity index (χ2v) is 14.0. The van der Waals surface area contributed by atoms with Gasteiger partial charge in [-0.2, -0.15) is 0 Å². The summed E-state index contributed by atoms with van der Waals surface area (Å²) in [5, 5.41) is 0. The Labute approximate surface area is 193 Å². The van der Waals surface area contributed by atoms with Crippen LogP contribution < -0.4 is 0 Å². The molecule has 0 aromatic carbocycles. The van der Waals surface area contributed by atoms with Crippen molar-refractivity contribution in [2.45, 2.75) is 122 Å². The smallest absolute Gasteiger partial charge is 0.306 e. The molecule has 0 aromatic rings. The van der Waals surface area contributed by atoms with Crippen LogP contribution in [-0.2, 0) is 25.1 Å². The second-order valence-electron chi connectivity index (χ2n) is 12.1. The zero-order valence-corrected chi connectivity index (χ0v) is 22.0. The first kappa shape index (κ1) is 25.2. The van der Waals surface area contributed by atoms with Gasteiger partial charge in [-0.15, -0.1) is 0 Å². The summed E-state index contributed by atoms with van der Waals surface area (Å²) < 4.78 is 25.8. The van der Waals surface area contributed by atoms with Crippen molar-refractivity contribution >= 4 is 16.8 Å². The van der Waals surface area contributed by atoms with E-state index in [9.17, 15) is 9.00 Å². The van der Waals surface area contributed by atoms with Crippen molar-refractivity contribution in [2.75, 3.05) is 6.26 Å². The van der Waals surface area contributed by atoms with Crippen LogP contribution in [0, 0.1) is 29.1 Å². The summed E-state index contributed by atoms with van der Waals surface area (Å²) in [5.74, 6) is 1.81. The standard InChI is InChI=1S/C26H46O4S/c1-9-11-20(27)30-26(7)14-10-13-25(6,31(8)28)16-19-22-21(23(26)29-19)18(17(2)3)12-15-24(22,4)5/h17-19,21-23H,9-16H2,1-8H3/t18-,19-,21-,22-,23-,25-,26-,31?/m1/s1. The summed E-state index contributed by atoms with van der Waals surface area (Å²) in [5.41, 5.74) is -0.454. The molecule has 1 unspecified atom stereocenters. The lowest BCUT2D eigenvalue weighted by Crippen LogP contribution is -2.53. The van der Waals surface area contributed by atoms with Gasteiger partial charge in [0.05, 0.1) is 6.10 Å². The highest BCUT2D eigenvalue weighted by molar-refractivity contribution is 7.85. The maximum absolute atomic E-state index is 12.9. The highest BCUT2D eigenvalue weighted by Crippen LogP contribution is 2.60. The predicted molar refractivity (Wildman–Crippen MR) is 127 cm³/mol. The molecule has 5 heteroatoms. The molecule has 180 valence electrons. The van der Waals surface area contributed by atoms with Crippen molar-refractivity contribution in [3.8, 4) is 0 Å². The summed E-state index contributed by atoms with van der Waals surface area (Å²) in [6.45, 7) is 15.8. The molecule has 2 heterocycles. The van der Waals surface area contributed by atoms with E-state index in [1.165, 1.54) is 12.8 Å². The van der Waals surface area contributed by atoms with Gasteiger partial charge in [0.1, 0.15) is 11.7 Å². The normalized spacial score (nSPS) is 43.5. The molecule has 0 N–H and O–H groups in total. The zero-order valence-electron chi connectivity index (χ0n) is 21.2. The summed E-state index contributed by atoms with van der Waals surface area (Å²) in [6, 6.07) is 0. The van der Waals surface area contributed by atoms with Crippen molar-refractivity contribution in [3.05, 3.63) is 0 Å². The zero-order chi connectivity index (χ0) is 23.2. The number of esters is 1. The molecule has 3 aliphatic rings. The van der Waals surface area contributed by atoms with Gasteiger partial charge in [-0.1, -0.05) is 34.6 Å². The predicted octanol–water partition coefficient (Wildman–Crippen LogP) is 5.89. The van der Waals surface area contributed by atoms with Gasteiger partial charge in [0, 0.05) is 28.2 Å². The van der Waals surface area contributed by atoms with Gasteiger partial charge in [-0.25, -0.2) is 0 Å². The first-order valence-electron chi connectivity index (χ1n) is 12.6. The minimum atomic E-state index is -0.929. The van der Waals surface area contributed by atoms with Gasteiger partial charge >= 0.3 is 5.97 Å². The number of carbonyl (C=O) groups excluding carboxylic acids is 1. The average molecular weight is 455 g/mol. The first-order valence-corrected chi connectivity index (χ1v) is 14.1. The van der Waals surface area contributed by atoms with Crippen molar-refractivity contribution in [1.29, 1.82) is 0 Å². The van der Waals surface area contributed by atoms with Gasteiger partial charge in [0.2, 0.25) is 0 Å². The Morgan fingerprint density at radius 3 is 2.42 bits per heavy atom. The van der Waals surface area contributed by atoms with E-state index in [1.54, 1.807) is 0 Å². The molecule has 0 spiro atoms. The van der Waals surface area contributed by atoms with Crippen LogP contribution in [0.5, 0.6) is 0 Å². The number of hydrogen-bond acceptors (Lipinski definition) is 4. The van der Waals surface area contributed by atoms with Crippen LogP contribution in [0.4, 0.5) is 0 Å². The molecule has 0 aromatic heterocycles. The third-order valence-corrected chi connectivity index (χ3v) is 10.7. The third-order valence-electron chi connectivity index (χ3n) is 8.97. The van der Waals surface area contributed by atoms with Gasteiger partial charge in [0.15, 0.2) is 0 Å². The van der Waals surface area contributed by atoms with Crippen LogP contribution in [0.1, 0.15) is 99.8 Å². The van der Waals surface area contributed by atoms with Crippen LogP contribution >= 0.6 is 0 Å². The minimum absolute atomic E-state index is 0.0720. The summed E-state index contributed by atoms with van der Waals surface area (Å²) >= 11 is 0. The van der Waals surface area contributed by atoms with Gasteiger partial charge in [0.25, 0.3) is 0 Å². The lowest BCUT2D eigenvalue weighted by Gasteiger charge is -2.51. The third kappa shape index (κ3) is 4.78. The summed E-state index contributed by atoms with van der Waals surface area (Å²) in [7, 11) is -0.929. The molecular weight excluding hydrogens is 408 g/mol.